The summed E-state index contributed by atoms with van der Waals surface area (Å²) in [5.41, 5.74) is 2.25. The van der Waals surface area contributed by atoms with Crippen LogP contribution in [0.5, 0.6) is 5.75 Å². The predicted octanol–water partition coefficient (Wildman–Crippen LogP) is 2.05. The molecule has 1 unspecified atom stereocenters. The fraction of sp³-hybridized carbons (Fsp3) is 0.467. The van der Waals surface area contributed by atoms with E-state index in [1.54, 1.807) is 4.90 Å². The molecule has 1 aromatic carbocycles. The molecule has 0 N–H and O–H groups in total. The molecule has 19 heavy (non-hydrogen) atoms. The van der Waals surface area contributed by atoms with E-state index in [2.05, 4.69) is 6.07 Å². The summed E-state index contributed by atoms with van der Waals surface area (Å²) in [5, 5.41) is 8.81. The molecule has 0 spiro atoms. The maximum Gasteiger partial charge on any atom is 0.224 e. The summed E-state index contributed by atoms with van der Waals surface area (Å²) in [6, 6.07) is 8.22. The average molecular weight is 258 g/mol. The minimum absolute atomic E-state index is 0.0520. The van der Waals surface area contributed by atoms with E-state index in [9.17, 15) is 4.79 Å². The van der Waals surface area contributed by atoms with Gasteiger partial charge in [-0.25, -0.2) is 0 Å². The van der Waals surface area contributed by atoms with Crippen LogP contribution < -0.4 is 4.74 Å². The number of ether oxygens (including phenoxy) is 1. The SMILES string of the molecule is Cc1ccc(C)c(OCCN2CC(C#N)CC2=O)c1. The smallest absolute Gasteiger partial charge is 0.224 e. The second-order valence-electron chi connectivity index (χ2n) is 4.99. The van der Waals surface area contributed by atoms with Gasteiger partial charge in [-0.2, -0.15) is 5.26 Å². The highest BCUT2D eigenvalue weighted by Gasteiger charge is 2.28. The summed E-state index contributed by atoms with van der Waals surface area (Å²) in [4.78, 5) is 13.3. The molecule has 4 heteroatoms. The van der Waals surface area contributed by atoms with Gasteiger partial charge in [0.15, 0.2) is 0 Å². The van der Waals surface area contributed by atoms with Crippen molar-refractivity contribution >= 4 is 5.91 Å². The largest absolute Gasteiger partial charge is 0.491 e. The molecule has 2 rings (SSSR count). The number of carbonyl (C=O) groups is 1. The fourth-order valence-corrected chi connectivity index (χ4v) is 2.20. The Kier molecular flexibility index (Phi) is 4.06. The van der Waals surface area contributed by atoms with Crippen molar-refractivity contribution in [2.45, 2.75) is 20.3 Å². The molecular formula is C15H18N2O2. The lowest BCUT2D eigenvalue weighted by molar-refractivity contribution is -0.128. The van der Waals surface area contributed by atoms with Crippen LogP contribution in [0.3, 0.4) is 0 Å². The third-order valence-electron chi connectivity index (χ3n) is 3.36. The van der Waals surface area contributed by atoms with E-state index in [4.69, 9.17) is 10.00 Å². The quantitative estimate of drug-likeness (QED) is 0.830. The Bertz CT molecular complexity index is 519. The minimum atomic E-state index is -0.159. The molecule has 1 fully saturated rings. The number of hydrogen-bond donors (Lipinski definition) is 0. The highest BCUT2D eigenvalue weighted by atomic mass is 16.5. The van der Waals surface area contributed by atoms with Crippen LogP contribution in [0, 0.1) is 31.1 Å². The van der Waals surface area contributed by atoms with Gasteiger partial charge in [-0.15, -0.1) is 0 Å². The number of benzene rings is 1. The highest BCUT2D eigenvalue weighted by Crippen LogP contribution is 2.20. The van der Waals surface area contributed by atoms with E-state index in [1.165, 1.54) is 0 Å². The zero-order valence-corrected chi connectivity index (χ0v) is 11.3. The molecule has 0 bridgehead atoms. The van der Waals surface area contributed by atoms with E-state index in [0.717, 1.165) is 16.9 Å². The molecule has 1 heterocycles. The Morgan fingerprint density at radius 1 is 1.47 bits per heavy atom. The van der Waals surface area contributed by atoms with Crippen molar-refractivity contribution in [1.29, 1.82) is 5.26 Å². The molecular weight excluding hydrogens is 240 g/mol. The summed E-state index contributed by atoms with van der Waals surface area (Å²) in [6.07, 6.45) is 0.347. The van der Waals surface area contributed by atoms with Crippen LogP contribution in [0.1, 0.15) is 17.5 Å². The number of aryl methyl sites for hydroxylation is 2. The molecule has 4 nitrogen and oxygen atoms in total. The number of rotatable bonds is 4. The lowest BCUT2D eigenvalue weighted by Crippen LogP contribution is -2.29. The Morgan fingerprint density at radius 3 is 2.95 bits per heavy atom. The number of carbonyl (C=O) groups excluding carboxylic acids is 1. The van der Waals surface area contributed by atoms with E-state index >= 15 is 0 Å². The second-order valence-corrected chi connectivity index (χ2v) is 4.99. The standard InChI is InChI=1S/C15H18N2O2/c1-11-3-4-12(2)14(7-11)19-6-5-17-10-13(9-16)8-15(17)18/h3-4,7,13H,5-6,8,10H2,1-2H3. The first kappa shape index (κ1) is 13.4. The van der Waals surface area contributed by atoms with Gasteiger partial charge in [0, 0.05) is 13.0 Å². The van der Waals surface area contributed by atoms with Gasteiger partial charge in [0.05, 0.1) is 18.5 Å². The number of likely N-dealkylation sites (tertiary alicyclic amines) is 1. The Morgan fingerprint density at radius 2 is 2.26 bits per heavy atom. The topological polar surface area (TPSA) is 53.3 Å². The Labute approximate surface area is 113 Å². The summed E-state index contributed by atoms with van der Waals surface area (Å²) in [7, 11) is 0. The molecule has 1 atom stereocenters. The Hall–Kier alpha value is -2.02. The zero-order chi connectivity index (χ0) is 13.8. The van der Waals surface area contributed by atoms with Crippen LogP contribution in [0.2, 0.25) is 0 Å². The second kappa shape index (κ2) is 5.75. The predicted molar refractivity (Wildman–Crippen MR) is 71.7 cm³/mol. The molecule has 1 saturated heterocycles. The van der Waals surface area contributed by atoms with Crippen molar-refractivity contribution < 1.29 is 9.53 Å². The number of nitriles is 1. The van der Waals surface area contributed by atoms with E-state index < -0.39 is 0 Å². The van der Waals surface area contributed by atoms with Crippen LogP contribution in [0.25, 0.3) is 0 Å². The summed E-state index contributed by atoms with van der Waals surface area (Å²) >= 11 is 0. The molecule has 1 aromatic rings. The maximum absolute atomic E-state index is 11.6. The minimum Gasteiger partial charge on any atom is -0.491 e. The van der Waals surface area contributed by atoms with Gasteiger partial charge in [0.1, 0.15) is 12.4 Å². The fourth-order valence-electron chi connectivity index (χ4n) is 2.20. The molecule has 100 valence electrons. The van der Waals surface area contributed by atoms with Gasteiger partial charge in [-0.1, -0.05) is 12.1 Å². The van der Waals surface area contributed by atoms with Gasteiger partial charge >= 0.3 is 0 Å². The van der Waals surface area contributed by atoms with Crippen molar-refractivity contribution in [3.63, 3.8) is 0 Å². The van der Waals surface area contributed by atoms with Gasteiger partial charge in [-0.3, -0.25) is 4.79 Å². The number of hydrogen-bond acceptors (Lipinski definition) is 3. The normalized spacial score (nSPS) is 18.5. The first-order valence-corrected chi connectivity index (χ1v) is 6.47. The van der Waals surface area contributed by atoms with Crippen LogP contribution in [0.15, 0.2) is 18.2 Å². The first-order valence-electron chi connectivity index (χ1n) is 6.47. The third-order valence-corrected chi connectivity index (χ3v) is 3.36. The molecule has 1 amide bonds. The van der Waals surface area contributed by atoms with Crippen molar-refractivity contribution in [1.82, 2.24) is 4.90 Å². The van der Waals surface area contributed by atoms with Gasteiger partial charge in [0.2, 0.25) is 5.91 Å². The molecule has 0 aliphatic carbocycles. The molecule has 0 aromatic heterocycles. The van der Waals surface area contributed by atoms with Crippen molar-refractivity contribution in [3.05, 3.63) is 29.3 Å². The Balaban J connectivity index is 1.86. The number of nitrogens with zero attached hydrogens (tertiary/aromatic N) is 2. The monoisotopic (exact) mass is 258 g/mol. The molecule has 1 aliphatic rings. The summed E-state index contributed by atoms with van der Waals surface area (Å²) in [6.45, 7) is 5.57. The first-order chi connectivity index (χ1) is 9.10. The highest BCUT2D eigenvalue weighted by molar-refractivity contribution is 5.79. The molecule has 0 saturated carbocycles. The van der Waals surface area contributed by atoms with E-state index in [0.29, 0.717) is 26.1 Å². The zero-order valence-electron chi connectivity index (χ0n) is 11.3. The number of amides is 1. The van der Waals surface area contributed by atoms with Crippen LogP contribution >= 0.6 is 0 Å². The van der Waals surface area contributed by atoms with Crippen molar-refractivity contribution in [3.8, 4) is 11.8 Å². The van der Waals surface area contributed by atoms with E-state index in [-0.39, 0.29) is 11.8 Å². The van der Waals surface area contributed by atoms with Crippen molar-refractivity contribution in [2.75, 3.05) is 19.7 Å². The lowest BCUT2D eigenvalue weighted by atomic mass is 10.1. The van der Waals surface area contributed by atoms with Crippen LogP contribution in [-0.2, 0) is 4.79 Å². The lowest BCUT2D eigenvalue weighted by Gasteiger charge is -2.17. The van der Waals surface area contributed by atoms with Crippen molar-refractivity contribution in [2.24, 2.45) is 5.92 Å². The van der Waals surface area contributed by atoms with Gasteiger partial charge in [0.25, 0.3) is 0 Å². The molecule has 0 radical (unpaired) electrons. The van der Waals surface area contributed by atoms with E-state index in [1.807, 2.05) is 32.0 Å². The van der Waals surface area contributed by atoms with Crippen LogP contribution in [-0.4, -0.2) is 30.5 Å². The van der Waals surface area contributed by atoms with Gasteiger partial charge in [-0.05, 0) is 31.0 Å². The maximum atomic E-state index is 11.6. The molecule has 1 aliphatic heterocycles. The van der Waals surface area contributed by atoms with Gasteiger partial charge < -0.3 is 9.64 Å². The average Bonchev–Trinajstić information content (AvgIpc) is 2.75. The summed E-state index contributed by atoms with van der Waals surface area (Å²) in [5.74, 6) is 0.757. The van der Waals surface area contributed by atoms with Crippen LogP contribution in [0.4, 0.5) is 0 Å². The third kappa shape index (κ3) is 3.25. The summed E-state index contributed by atoms with van der Waals surface area (Å²) < 4.78 is 5.72.